The fraction of sp³-hybridized carbons (Fsp3) is 0.714. The van der Waals surface area contributed by atoms with Gasteiger partial charge in [0.05, 0.1) is 0 Å². The Bertz CT molecular complexity index is 445. The molecule has 2 heterocycles. The zero-order valence-corrected chi connectivity index (χ0v) is 13.2. The minimum atomic E-state index is 0.408. The van der Waals surface area contributed by atoms with E-state index >= 15 is 0 Å². The predicted octanol–water partition coefficient (Wildman–Crippen LogP) is 0.829. The van der Waals surface area contributed by atoms with Crippen molar-refractivity contribution in [2.45, 2.75) is 33.4 Å². The standard InChI is InChI=1S/C14H26N6O/c1-4-21-10-13-16-12(18-15)9-14(17-13)20-7-5-19(6-8-20)11(2)3/h9,11H,4-8,10,15H2,1-3H3,(H,16,17,18). The Labute approximate surface area is 126 Å². The maximum absolute atomic E-state index is 5.50. The lowest BCUT2D eigenvalue weighted by Crippen LogP contribution is -2.49. The minimum Gasteiger partial charge on any atom is -0.374 e. The molecule has 1 fully saturated rings. The van der Waals surface area contributed by atoms with Crippen molar-refractivity contribution in [3.63, 3.8) is 0 Å². The summed E-state index contributed by atoms with van der Waals surface area (Å²) in [6, 6.07) is 2.48. The van der Waals surface area contributed by atoms with Gasteiger partial charge < -0.3 is 15.1 Å². The quantitative estimate of drug-likeness (QED) is 0.594. The Hall–Kier alpha value is -1.44. The molecule has 1 aromatic rings. The molecule has 0 unspecified atom stereocenters. The van der Waals surface area contributed by atoms with E-state index in [0.717, 1.165) is 32.0 Å². The number of aromatic nitrogens is 2. The van der Waals surface area contributed by atoms with Crippen molar-refractivity contribution < 1.29 is 4.74 Å². The summed E-state index contributed by atoms with van der Waals surface area (Å²) in [5.41, 5.74) is 2.61. The first-order valence-corrected chi connectivity index (χ1v) is 7.55. The fourth-order valence-electron chi connectivity index (χ4n) is 2.44. The van der Waals surface area contributed by atoms with Crippen molar-refractivity contribution in [1.82, 2.24) is 14.9 Å². The highest BCUT2D eigenvalue weighted by molar-refractivity contribution is 5.49. The first-order chi connectivity index (χ1) is 10.1. The maximum Gasteiger partial charge on any atom is 0.158 e. The first-order valence-electron chi connectivity index (χ1n) is 7.55. The second-order valence-corrected chi connectivity index (χ2v) is 5.43. The summed E-state index contributed by atoms with van der Waals surface area (Å²) in [6.07, 6.45) is 0. The molecule has 0 radical (unpaired) electrons. The van der Waals surface area contributed by atoms with E-state index < -0.39 is 0 Å². The lowest BCUT2D eigenvalue weighted by Gasteiger charge is -2.37. The third kappa shape index (κ3) is 4.26. The molecule has 2 rings (SSSR count). The van der Waals surface area contributed by atoms with Crippen LogP contribution in [0.2, 0.25) is 0 Å². The van der Waals surface area contributed by atoms with Crippen LogP contribution >= 0.6 is 0 Å². The molecule has 0 bridgehead atoms. The monoisotopic (exact) mass is 294 g/mol. The van der Waals surface area contributed by atoms with Crippen molar-refractivity contribution >= 4 is 11.6 Å². The van der Waals surface area contributed by atoms with Crippen LogP contribution in [0.5, 0.6) is 0 Å². The molecule has 1 aliphatic heterocycles. The van der Waals surface area contributed by atoms with Crippen molar-refractivity contribution in [3.8, 4) is 0 Å². The number of hydrazine groups is 1. The third-order valence-electron chi connectivity index (χ3n) is 3.71. The number of anilines is 2. The number of nitrogens with two attached hydrogens (primary N) is 1. The topological polar surface area (TPSA) is 79.5 Å². The molecule has 7 heteroatoms. The molecule has 3 N–H and O–H groups in total. The second kappa shape index (κ2) is 7.53. The average molecular weight is 294 g/mol. The van der Waals surface area contributed by atoms with Crippen molar-refractivity contribution in [2.75, 3.05) is 43.1 Å². The molecular weight excluding hydrogens is 268 g/mol. The molecule has 1 aliphatic rings. The number of piperazine rings is 1. The SMILES string of the molecule is CCOCc1nc(NN)cc(N2CCN(C(C)C)CC2)n1. The van der Waals surface area contributed by atoms with Crippen LogP contribution in [0.25, 0.3) is 0 Å². The van der Waals surface area contributed by atoms with Crippen molar-refractivity contribution in [3.05, 3.63) is 11.9 Å². The van der Waals surface area contributed by atoms with Gasteiger partial charge in [-0.2, -0.15) is 0 Å². The second-order valence-electron chi connectivity index (χ2n) is 5.43. The Morgan fingerprint density at radius 2 is 2.00 bits per heavy atom. The summed E-state index contributed by atoms with van der Waals surface area (Å²) in [4.78, 5) is 13.7. The molecule has 118 valence electrons. The Balaban J connectivity index is 2.08. The summed E-state index contributed by atoms with van der Waals surface area (Å²) in [6.45, 7) is 11.5. The molecular formula is C14H26N6O. The third-order valence-corrected chi connectivity index (χ3v) is 3.71. The normalized spacial score (nSPS) is 16.5. The lowest BCUT2D eigenvalue weighted by atomic mass is 10.2. The highest BCUT2D eigenvalue weighted by atomic mass is 16.5. The number of hydrogen-bond donors (Lipinski definition) is 2. The number of ether oxygens (including phenoxy) is 1. The van der Waals surface area contributed by atoms with Crippen LogP contribution in [0.3, 0.4) is 0 Å². The van der Waals surface area contributed by atoms with E-state index in [9.17, 15) is 0 Å². The Kier molecular flexibility index (Phi) is 5.72. The van der Waals surface area contributed by atoms with Crippen LogP contribution in [-0.2, 0) is 11.3 Å². The Morgan fingerprint density at radius 3 is 2.57 bits per heavy atom. The average Bonchev–Trinajstić information content (AvgIpc) is 2.52. The van der Waals surface area contributed by atoms with E-state index in [1.165, 1.54) is 0 Å². The molecule has 0 spiro atoms. The smallest absolute Gasteiger partial charge is 0.158 e. The molecule has 7 nitrogen and oxygen atoms in total. The molecule has 21 heavy (non-hydrogen) atoms. The summed E-state index contributed by atoms with van der Waals surface area (Å²) >= 11 is 0. The number of hydrogen-bond acceptors (Lipinski definition) is 7. The van der Waals surface area contributed by atoms with E-state index in [4.69, 9.17) is 10.6 Å². The highest BCUT2D eigenvalue weighted by Crippen LogP contribution is 2.18. The first kappa shape index (κ1) is 15.9. The molecule has 0 aliphatic carbocycles. The zero-order valence-electron chi connectivity index (χ0n) is 13.2. The van der Waals surface area contributed by atoms with Crippen molar-refractivity contribution in [2.24, 2.45) is 5.84 Å². The van der Waals surface area contributed by atoms with Crippen LogP contribution in [0.1, 0.15) is 26.6 Å². The minimum absolute atomic E-state index is 0.408. The van der Waals surface area contributed by atoms with Crippen LogP contribution in [-0.4, -0.2) is 53.7 Å². The summed E-state index contributed by atoms with van der Waals surface area (Å²) < 4.78 is 5.39. The van der Waals surface area contributed by atoms with Gasteiger partial charge in [0, 0.05) is 44.9 Å². The number of rotatable bonds is 6. The maximum atomic E-state index is 5.50. The fourth-order valence-corrected chi connectivity index (χ4v) is 2.44. The molecule has 0 saturated carbocycles. The van der Waals surface area contributed by atoms with Gasteiger partial charge >= 0.3 is 0 Å². The number of nitrogen functional groups attached to an aromatic ring is 1. The lowest BCUT2D eigenvalue weighted by molar-refractivity contribution is 0.128. The van der Waals surface area contributed by atoms with Crippen molar-refractivity contribution in [1.29, 1.82) is 0 Å². The summed E-state index contributed by atoms with van der Waals surface area (Å²) in [5, 5.41) is 0. The van der Waals surface area contributed by atoms with Crippen LogP contribution in [0, 0.1) is 0 Å². The van der Waals surface area contributed by atoms with Crippen LogP contribution in [0.15, 0.2) is 6.07 Å². The van der Waals surface area contributed by atoms with Gasteiger partial charge in [-0.1, -0.05) is 0 Å². The number of nitrogens with zero attached hydrogens (tertiary/aromatic N) is 4. The van der Waals surface area contributed by atoms with E-state index in [-0.39, 0.29) is 0 Å². The highest BCUT2D eigenvalue weighted by Gasteiger charge is 2.20. The molecule has 0 aromatic carbocycles. The van der Waals surface area contributed by atoms with E-state index in [1.54, 1.807) is 0 Å². The van der Waals surface area contributed by atoms with Gasteiger partial charge in [-0.15, -0.1) is 0 Å². The van der Waals surface area contributed by atoms with Gasteiger partial charge in [-0.05, 0) is 20.8 Å². The van der Waals surface area contributed by atoms with Gasteiger partial charge in [-0.25, -0.2) is 15.8 Å². The number of nitrogens with one attached hydrogen (secondary N) is 1. The van der Waals surface area contributed by atoms with Crippen LogP contribution < -0.4 is 16.2 Å². The summed E-state index contributed by atoms with van der Waals surface area (Å²) in [7, 11) is 0. The molecule has 0 amide bonds. The van der Waals surface area contributed by atoms with Gasteiger partial charge in [0.2, 0.25) is 0 Å². The summed E-state index contributed by atoms with van der Waals surface area (Å²) in [5.74, 6) is 7.70. The Morgan fingerprint density at radius 1 is 1.29 bits per heavy atom. The van der Waals surface area contributed by atoms with E-state index in [1.807, 2.05) is 13.0 Å². The van der Waals surface area contributed by atoms with E-state index in [0.29, 0.717) is 30.9 Å². The van der Waals surface area contributed by atoms with Gasteiger partial charge in [0.25, 0.3) is 0 Å². The molecule has 1 aromatic heterocycles. The largest absolute Gasteiger partial charge is 0.374 e. The zero-order chi connectivity index (χ0) is 15.2. The predicted molar refractivity (Wildman–Crippen MR) is 84.1 cm³/mol. The van der Waals surface area contributed by atoms with Gasteiger partial charge in [-0.3, -0.25) is 4.90 Å². The van der Waals surface area contributed by atoms with E-state index in [2.05, 4.69) is 39.0 Å². The van der Waals surface area contributed by atoms with Gasteiger partial charge in [0.1, 0.15) is 18.2 Å². The molecule has 1 saturated heterocycles. The molecule has 0 atom stereocenters. The van der Waals surface area contributed by atoms with Gasteiger partial charge in [0.15, 0.2) is 5.82 Å². The van der Waals surface area contributed by atoms with Crippen LogP contribution in [0.4, 0.5) is 11.6 Å².